The average molecular weight is 300 g/mol. The van der Waals surface area contributed by atoms with Gasteiger partial charge in [0.15, 0.2) is 0 Å². The van der Waals surface area contributed by atoms with Crippen LogP contribution in [0.4, 0.5) is 5.82 Å². The van der Waals surface area contributed by atoms with E-state index in [2.05, 4.69) is 20.6 Å². The molecule has 2 rings (SSSR count). The summed E-state index contributed by atoms with van der Waals surface area (Å²) in [5, 5.41) is 5.88. The summed E-state index contributed by atoms with van der Waals surface area (Å²) in [6, 6.07) is 9.78. The van der Waals surface area contributed by atoms with Crippen LogP contribution in [0.2, 0.25) is 0 Å². The van der Waals surface area contributed by atoms with Gasteiger partial charge in [-0.25, -0.2) is 4.98 Å². The van der Waals surface area contributed by atoms with Crippen LogP contribution in [-0.2, 0) is 16.1 Å². The lowest BCUT2D eigenvalue weighted by Crippen LogP contribution is -2.37. The number of aromatic nitrogens is 2. The predicted molar refractivity (Wildman–Crippen MR) is 84.2 cm³/mol. The van der Waals surface area contributed by atoms with Crippen molar-refractivity contribution in [3.8, 4) is 0 Å². The van der Waals surface area contributed by atoms with Crippen molar-refractivity contribution >= 4 is 11.7 Å². The number of nitrogens with one attached hydrogen (secondary N) is 2. The Labute approximate surface area is 129 Å². The summed E-state index contributed by atoms with van der Waals surface area (Å²) in [5.41, 5.74) is 1.05. The quantitative estimate of drug-likeness (QED) is 0.724. The molecule has 0 saturated heterocycles. The van der Waals surface area contributed by atoms with Crippen LogP contribution < -0.4 is 10.6 Å². The van der Waals surface area contributed by atoms with Gasteiger partial charge in [0.1, 0.15) is 11.9 Å². The van der Waals surface area contributed by atoms with Crippen LogP contribution in [0, 0.1) is 0 Å². The monoisotopic (exact) mass is 300 g/mol. The van der Waals surface area contributed by atoms with Crippen LogP contribution in [0.1, 0.15) is 12.5 Å². The minimum absolute atomic E-state index is 0.128. The lowest BCUT2D eigenvalue weighted by Gasteiger charge is -2.13. The highest BCUT2D eigenvalue weighted by atomic mass is 16.5. The van der Waals surface area contributed by atoms with Crippen molar-refractivity contribution in [3.05, 3.63) is 54.5 Å². The van der Waals surface area contributed by atoms with E-state index in [4.69, 9.17) is 4.74 Å². The fourth-order valence-corrected chi connectivity index (χ4v) is 1.78. The Balaban J connectivity index is 1.62. The number of carbonyl (C=O) groups is 1. The van der Waals surface area contributed by atoms with Gasteiger partial charge < -0.3 is 15.4 Å². The Morgan fingerprint density at radius 2 is 2.05 bits per heavy atom. The second-order valence-electron chi connectivity index (χ2n) is 4.75. The molecule has 0 fully saturated rings. The third-order valence-corrected chi connectivity index (χ3v) is 3.01. The van der Waals surface area contributed by atoms with E-state index >= 15 is 0 Å². The highest BCUT2D eigenvalue weighted by Crippen LogP contribution is 2.03. The molecule has 1 aromatic carbocycles. The smallest absolute Gasteiger partial charge is 0.248 e. The average Bonchev–Trinajstić information content (AvgIpc) is 2.58. The summed E-state index contributed by atoms with van der Waals surface area (Å²) >= 11 is 0. The number of hydrogen-bond acceptors (Lipinski definition) is 5. The number of anilines is 1. The second kappa shape index (κ2) is 8.74. The predicted octanol–water partition coefficient (Wildman–Crippen LogP) is 1.61. The summed E-state index contributed by atoms with van der Waals surface area (Å²) in [6.07, 6.45) is 4.36. The lowest BCUT2D eigenvalue weighted by atomic mass is 10.2. The number of rotatable bonds is 8. The molecule has 0 aliphatic rings. The van der Waals surface area contributed by atoms with E-state index in [0.717, 1.165) is 5.56 Å². The van der Waals surface area contributed by atoms with Gasteiger partial charge in [0.05, 0.1) is 12.8 Å². The Hall–Kier alpha value is -2.47. The Kier molecular flexibility index (Phi) is 6.32. The van der Waals surface area contributed by atoms with Crippen molar-refractivity contribution in [2.24, 2.45) is 0 Å². The molecule has 0 radical (unpaired) electrons. The highest BCUT2D eigenvalue weighted by molar-refractivity contribution is 5.80. The molecule has 0 bridgehead atoms. The third kappa shape index (κ3) is 5.49. The first kappa shape index (κ1) is 15.9. The number of nitrogens with zero attached hydrogens (tertiary/aromatic N) is 2. The highest BCUT2D eigenvalue weighted by Gasteiger charge is 2.12. The normalized spacial score (nSPS) is 11.7. The molecule has 22 heavy (non-hydrogen) atoms. The van der Waals surface area contributed by atoms with Gasteiger partial charge in [0.2, 0.25) is 5.91 Å². The van der Waals surface area contributed by atoms with Crippen LogP contribution >= 0.6 is 0 Å². The SMILES string of the molecule is CC(OCc1ccccc1)C(=O)NCCNc1cnccn1. The van der Waals surface area contributed by atoms with Crippen LogP contribution in [0.15, 0.2) is 48.9 Å². The minimum Gasteiger partial charge on any atom is -0.367 e. The van der Waals surface area contributed by atoms with Crippen LogP contribution in [0.25, 0.3) is 0 Å². The molecule has 2 aromatic rings. The Morgan fingerprint density at radius 1 is 1.23 bits per heavy atom. The molecule has 2 N–H and O–H groups in total. The topological polar surface area (TPSA) is 76.1 Å². The maximum Gasteiger partial charge on any atom is 0.248 e. The lowest BCUT2D eigenvalue weighted by molar-refractivity contribution is -0.132. The Bertz CT molecular complexity index is 563. The van der Waals surface area contributed by atoms with Gasteiger partial charge in [0.25, 0.3) is 0 Å². The van der Waals surface area contributed by atoms with E-state index in [-0.39, 0.29) is 5.91 Å². The van der Waals surface area contributed by atoms with Crippen molar-refractivity contribution < 1.29 is 9.53 Å². The van der Waals surface area contributed by atoms with E-state index in [1.165, 1.54) is 0 Å². The van der Waals surface area contributed by atoms with Crippen LogP contribution in [0.3, 0.4) is 0 Å². The molecular weight excluding hydrogens is 280 g/mol. The Morgan fingerprint density at radius 3 is 2.77 bits per heavy atom. The summed E-state index contributed by atoms with van der Waals surface area (Å²) in [7, 11) is 0. The zero-order valence-electron chi connectivity index (χ0n) is 12.5. The maximum absolute atomic E-state index is 11.9. The van der Waals surface area contributed by atoms with Gasteiger partial charge in [-0.2, -0.15) is 0 Å². The molecule has 6 nitrogen and oxygen atoms in total. The minimum atomic E-state index is -0.489. The van der Waals surface area contributed by atoms with Crippen molar-refractivity contribution in [1.82, 2.24) is 15.3 Å². The molecule has 0 aliphatic carbocycles. The van der Waals surface area contributed by atoms with Gasteiger partial charge in [-0.05, 0) is 12.5 Å². The molecule has 0 spiro atoms. The van der Waals surface area contributed by atoms with Crippen molar-refractivity contribution in [2.45, 2.75) is 19.6 Å². The molecule has 1 unspecified atom stereocenters. The molecule has 0 saturated carbocycles. The van der Waals surface area contributed by atoms with Crippen molar-refractivity contribution in [3.63, 3.8) is 0 Å². The first-order valence-corrected chi connectivity index (χ1v) is 7.19. The molecule has 1 aromatic heterocycles. The number of carbonyl (C=O) groups excluding carboxylic acids is 1. The van der Waals surface area contributed by atoms with Gasteiger partial charge >= 0.3 is 0 Å². The van der Waals surface area contributed by atoms with E-state index in [9.17, 15) is 4.79 Å². The van der Waals surface area contributed by atoms with E-state index in [1.54, 1.807) is 25.5 Å². The standard InChI is InChI=1S/C16H20N4O2/c1-13(22-12-14-5-3-2-4-6-14)16(21)20-10-9-19-15-11-17-7-8-18-15/h2-8,11,13H,9-10,12H2,1H3,(H,18,19)(H,20,21). The number of ether oxygens (including phenoxy) is 1. The van der Waals surface area contributed by atoms with Gasteiger partial charge in [0, 0.05) is 25.5 Å². The largest absolute Gasteiger partial charge is 0.367 e. The molecule has 116 valence electrons. The maximum atomic E-state index is 11.9. The molecule has 1 heterocycles. The summed E-state index contributed by atoms with van der Waals surface area (Å²) in [4.78, 5) is 19.9. The van der Waals surface area contributed by atoms with E-state index in [0.29, 0.717) is 25.5 Å². The van der Waals surface area contributed by atoms with Crippen LogP contribution in [-0.4, -0.2) is 35.1 Å². The van der Waals surface area contributed by atoms with E-state index < -0.39 is 6.10 Å². The van der Waals surface area contributed by atoms with E-state index in [1.807, 2.05) is 30.3 Å². The molecule has 1 amide bonds. The summed E-state index contributed by atoms with van der Waals surface area (Å²) in [5.74, 6) is 0.557. The number of benzene rings is 1. The fraction of sp³-hybridized carbons (Fsp3) is 0.312. The molecule has 6 heteroatoms. The first-order valence-electron chi connectivity index (χ1n) is 7.19. The molecule has 1 atom stereocenters. The van der Waals surface area contributed by atoms with Gasteiger partial charge in [-0.15, -0.1) is 0 Å². The third-order valence-electron chi connectivity index (χ3n) is 3.01. The number of amides is 1. The summed E-state index contributed by atoms with van der Waals surface area (Å²) < 4.78 is 5.55. The fourth-order valence-electron chi connectivity index (χ4n) is 1.78. The van der Waals surface area contributed by atoms with Gasteiger partial charge in [-0.1, -0.05) is 30.3 Å². The second-order valence-corrected chi connectivity index (χ2v) is 4.75. The number of hydrogen-bond donors (Lipinski definition) is 2. The zero-order valence-corrected chi connectivity index (χ0v) is 12.5. The van der Waals surface area contributed by atoms with Crippen molar-refractivity contribution in [1.29, 1.82) is 0 Å². The van der Waals surface area contributed by atoms with Crippen LogP contribution in [0.5, 0.6) is 0 Å². The van der Waals surface area contributed by atoms with Crippen molar-refractivity contribution in [2.75, 3.05) is 18.4 Å². The zero-order chi connectivity index (χ0) is 15.6. The molecular formula is C16H20N4O2. The molecule has 0 aliphatic heterocycles. The first-order chi connectivity index (χ1) is 10.8. The van der Waals surface area contributed by atoms with Gasteiger partial charge in [-0.3, -0.25) is 9.78 Å². The summed E-state index contributed by atoms with van der Waals surface area (Å²) in [6.45, 7) is 3.24.